The van der Waals surface area contributed by atoms with E-state index in [1.54, 1.807) is 12.3 Å². The minimum absolute atomic E-state index is 0.210. The number of pyridine rings is 1. The zero-order valence-electron chi connectivity index (χ0n) is 9.71. The average Bonchev–Trinajstić information content (AvgIpc) is 2.38. The van der Waals surface area contributed by atoms with E-state index in [1.807, 2.05) is 43.3 Å². The van der Waals surface area contributed by atoms with E-state index < -0.39 is 6.10 Å². The summed E-state index contributed by atoms with van der Waals surface area (Å²) >= 11 is 0. The van der Waals surface area contributed by atoms with Gasteiger partial charge in [-0.3, -0.25) is 4.98 Å². The van der Waals surface area contributed by atoms with Crippen molar-refractivity contribution in [1.82, 2.24) is 4.98 Å². The van der Waals surface area contributed by atoms with E-state index in [-0.39, 0.29) is 6.61 Å². The topological polar surface area (TPSA) is 42.4 Å². The van der Waals surface area contributed by atoms with E-state index in [1.165, 1.54) is 0 Å². The van der Waals surface area contributed by atoms with Gasteiger partial charge in [0.2, 0.25) is 0 Å². The van der Waals surface area contributed by atoms with Crippen LogP contribution in [0, 0.1) is 6.92 Å². The van der Waals surface area contributed by atoms with Gasteiger partial charge in [0.15, 0.2) is 0 Å². The smallest absolute Gasteiger partial charge is 0.130 e. The maximum Gasteiger partial charge on any atom is 0.130 e. The molecule has 0 aliphatic heterocycles. The number of aliphatic hydroxyl groups is 1. The minimum atomic E-state index is -0.698. The number of aliphatic hydroxyl groups excluding tert-OH is 1. The summed E-state index contributed by atoms with van der Waals surface area (Å²) in [4.78, 5) is 4.08. The van der Waals surface area contributed by atoms with Crippen LogP contribution in [0.4, 0.5) is 0 Å². The Morgan fingerprint density at radius 2 is 1.94 bits per heavy atom. The number of hydrogen-bond acceptors (Lipinski definition) is 3. The van der Waals surface area contributed by atoms with Crippen molar-refractivity contribution in [1.29, 1.82) is 0 Å². The van der Waals surface area contributed by atoms with Gasteiger partial charge in [0.05, 0.1) is 5.69 Å². The molecule has 3 heteroatoms. The fraction of sp³-hybridized carbons (Fsp3) is 0.214. The number of para-hydroxylation sites is 1. The third-order valence-corrected chi connectivity index (χ3v) is 2.52. The Labute approximate surface area is 101 Å². The Hall–Kier alpha value is -1.87. The van der Waals surface area contributed by atoms with Crippen molar-refractivity contribution in [2.24, 2.45) is 0 Å². The molecule has 0 aliphatic rings. The summed E-state index contributed by atoms with van der Waals surface area (Å²) in [5, 5.41) is 9.89. The van der Waals surface area contributed by atoms with Gasteiger partial charge in [-0.15, -0.1) is 0 Å². The molecule has 1 N–H and O–H groups in total. The van der Waals surface area contributed by atoms with Crippen molar-refractivity contribution < 1.29 is 9.84 Å². The highest BCUT2D eigenvalue weighted by Gasteiger charge is 2.09. The molecule has 0 amide bonds. The number of benzene rings is 1. The molecule has 0 radical (unpaired) electrons. The lowest BCUT2D eigenvalue weighted by Gasteiger charge is -2.13. The van der Waals surface area contributed by atoms with E-state index in [0.29, 0.717) is 5.69 Å². The first kappa shape index (κ1) is 11.6. The van der Waals surface area contributed by atoms with Crippen LogP contribution in [0.1, 0.15) is 17.4 Å². The van der Waals surface area contributed by atoms with Gasteiger partial charge in [-0.1, -0.05) is 24.3 Å². The molecule has 0 saturated heterocycles. The van der Waals surface area contributed by atoms with Crippen molar-refractivity contribution in [2.75, 3.05) is 6.61 Å². The van der Waals surface area contributed by atoms with Crippen LogP contribution in [0.3, 0.4) is 0 Å². The molecule has 1 unspecified atom stereocenters. The number of ether oxygens (including phenoxy) is 1. The highest BCUT2D eigenvalue weighted by molar-refractivity contribution is 5.31. The second-order valence-corrected chi connectivity index (χ2v) is 3.85. The first-order valence-electron chi connectivity index (χ1n) is 5.55. The Balaban J connectivity index is 1.97. The van der Waals surface area contributed by atoms with Crippen LogP contribution in [-0.4, -0.2) is 16.7 Å². The van der Waals surface area contributed by atoms with Gasteiger partial charge in [0, 0.05) is 6.20 Å². The van der Waals surface area contributed by atoms with Crippen LogP contribution >= 0.6 is 0 Å². The van der Waals surface area contributed by atoms with Gasteiger partial charge in [0.25, 0.3) is 0 Å². The Kier molecular flexibility index (Phi) is 3.73. The molecule has 1 aromatic heterocycles. The van der Waals surface area contributed by atoms with E-state index in [2.05, 4.69) is 4.98 Å². The lowest BCUT2D eigenvalue weighted by atomic mass is 10.2. The molecule has 2 rings (SSSR count). The van der Waals surface area contributed by atoms with E-state index in [0.717, 1.165) is 11.3 Å². The first-order chi connectivity index (χ1) is 8.27. The SMILES string of the molecule is Cc1ccccc1OCC(O)c1ccccn1. The number of rotatable bonds is 4. The number of nitrogens with zero attached hydrogens (tertiary/aromatic N) is 1. The third kappa shape index (κ3) is 3.04. The summed E-state index contributed by atoms with van der Waals surface area (Å²) in [5.74, 6) is 0.794. The van der Waals surface area contributed by atoms with Crippen LogP contribution in [0.2, 0.25) is 0 Å². The predicted molar refractivity (Wildman–Crippen MR) is 65.9 cm³/mol. The van der Waals surface area contributed by atoms with Crippen LogP contribution in [-0.2, 0) is 0 Å². The number of aryl methyl sites for hydroxylation is 1. The molecular weight excluding hydrogens is 214 g/mol. The quantitative estimate of drug-likeness (QED) is 0.875. The maximum absolute atomic E-state index is 9.89. The highest BCUT2D eigenvalue weighted by Crippen LogP contribution is 2.18. The molecule has 0 aliphatic carbocycles. The van der Waals surface area contributed by atoms with Gasteiger partial charge >= 0.3 is 0 Å². The molecule has 1 heterocycles. The molecule has 0 spiro atoms. The van der Waals surface area contributed by atoms with Gasteiger partial charge in [-0.25, -0.2) is 0 Å². The molecule has 0 saturated carbocycles. The second kappa shape index (κ2) is 5.46. The molecule has 1 atom stereocenters. The zero-order valence-corrected chi connectivity index (χ0v) is 9.71. The van der Waals surface area contributed by atoms with Crippen molar-refractivity contribution in [3.8, 4) is 5.75 Å². The Morgan fingerprint density at radius 1 is 1.18 bits per heavy atom. The molecule has 2 aromatic rings. The van der Waals surface area contributed by atoms with E-state index in [4.69, 9.17) is 4.74 Å². The van der Waals surface area contributed by atoms with Gasteiger partial charge in [0.1, 0.15) is 18.5 Å². The van der Waals surface area contributed by atoms with Crippen LogP contribution < -0.4 is 4.74 Å². The maximum atomic E-state index is 9.89. The minimum Gasteiger partial charge on any atom is -0.490 e. The van der Waals surface area contributed by atoms with Gasteiger partial charge < -0.3 is 9.84 Å². The summed E-state index contributed by atoms with van der Waals surface area (Å²) in [6, 6.07) is 13.2. The van der Waals surface area contributed by atoms with Gasteiger partial charge in [-0.05, 0) is 30.7 Å². The largest absolute Gasteiger partial charge is 0.490 e. The van der Waals surface area contributed by atoms with Crippen LogP contribution in [0.15, 0.2) is 48.7 Å². The van der Waals surface area contributed by atoms with Crippen molar-refractivity contribution in [3.63, 3.8) is 0 Å². The summed E-state index contributed by atoms with van der Waals surface area (Å²) in [7, 11) is 0. The molecular formula is C14H15NO2. The highest BCUT2D eigenvalue weighted by atomic mass is 16.5. The van der Waals surface area contributed by atoms with Crippen molar-refractivity contribution >= 4 is 0 Å². The fourth-order valence-electron chi connectivity index (χ4n) is 1.55. The Bertz CT molecular complexity index is 471. The molecule has 3 nitrogen and oxygen atoms in total. The lowest BCUT2D eigenvalue weighted by Crippen LogP contribution is -2.11. The Morgan fingerprint density at radius 3 is 2.65 bits per heavy atom. The molecule has 0 fully saturated rings. The van der Waals surface area contributed by atoms with Crippen molar-refractivity contribution in [2.45, 2.75) is 13.0 Å². The monoisotopic (exact) mass is 229 g/mol. The molecule has 88 valence electrons. The standard InChI is InChI=1S/C14H15NO2/c1-11-6-2-3-8-14(11)17-10-13(16)12-7-4-5-9-15-12/h2-9,13,16H,10H2,1H3. The van der Waals surface area contributed by atoms with Gasteiger partial charge in [-0.2, -0.15) is 0 Å². The predicted octanol–water partition coefficient (Wildman–Crippen LogP) is 2.50. The van der Waals surface area contributed by atoms with Crippen LogP contribution in [0.25, 0.3) is 0 Å². The lowest BCUT2D eigenvalue weighted by molar-refractivity contribution is 0.104. The summed E-state index contributed by atoms with van der Waals surface area (Å²) in [6.07, 6.45) is 0.961. The summed E-state index contributed by atoms with van der Waals surface area (Å²) in [5.41, 5.74) is 1.68. The molecule has 1 aromatic carbocycles. The summed E-state index contributed by atoms with van der Waals surface area (Å²) < 4.78 is 5.56. The normalized spacial score (nSPS) is 12.1. The number of aromatic nitrogens is 1. The molecule has 0 bridgehead atoms. The fourth-order valence-corrected chi connectivity index (χ4v) is 1.55. The second-order valence-electron chi connectivity index (χ2n) is 3.85. The van der Waals surface area contributed by atoms with E-state index in [9.17, 15) is 5.11 Å². The first-order valence-corrected chi connectivity index (χ1v) is 5.55. The van der Waals surface area contributed by atoms with Crippen LogP contribution in [0.5, 0.6) is 5.75 Å². The number of hydrogen-bond donors (Lipinski definition) is 1. The third-order valence-electron chi connectivity index (χ3n) is 2.52. The summed E-state index contributed by atoms with van der Waals surface area (Å²) in [6.45, 7) is 2.18. The van der Waals surface area contributed by atoms with Crippen molar-refractivity contribution in [3.05, 3.63) is 59.9 Å². The molecule has 17 heavy (non-hydrogen) atoms. The zero-order chi connectivity index (χ0) is 12.1. The van der Waals surface area contributed by atoms with E-state index >= 15 is 0 Å². The average molecular weight is 229 g/mol.